The Morgan fingerprint density at radius 2 is 2.15 bits per heavy atom. The molecule has 0 aromatic carbocycles. The highest BCUT2D eigenvalue weighted by Crippen LogP contribution is 2.33. The van der Waals surface area contributed by atoms with E-state index >= 15 is 0 Å². The predicted molar refractivity (Wildman–Crippen MR) is 82.4 cm³/mol. The van der Waals surface area contributed by atoms with Crippen LogP contribution in [0.1, 0.15) is 18.0 Å². The molecule has 4 nitrogen and oxygen atoms in total. The van der Waals surface area contributed by atoms with Crippen molar-refractivity contribution in [3.05, 3.63) is 46.0 Å². The van der Waals surface area contributed by atoms with Crippen LogP contribution in [0.15, 0.2) is 44.5 Å². The number of nitrogens with zero attached hydrogens (tertiary/aromatic N) is 2. The summed E-state index contributed by atoms with van der Waals surface area (Å²) in [7, 11) is -3.36. The lowest BCUT2D eigenvalue weighted by Crippen LogP contribution is -2.28. The maximum absolute atomic E-state index is 12.5. The van der Waals surface area contributed by atoms with Crippen LogP contribution in [0.25, 0.3) is 0 Å². The predicted octanol–water partition coefficient (Wildman–Crippen LogP) is 3.08. The second kappa shape index (κ2) is 5.55. The minimum absolute atomic E-state index is 0.189. The molecule has 1 fully saturated rings. The molecule has 1 aliphatic rings. The molecule has 7 heteroatoms. The van der Waals surface area contributed by atoms with Crippen LogP contribution in [0.2, 0.25) is 0 Å². The van der Waals surface area contributed by atoms with Gasteiger partial charge in [-0.05, 0) is 46.6 Å². The van der Waals surface area contributed by atoms with Gasteiger partial charge in [-0.3, -0.25) is 4.98 Å². The molecule has 0 amide bonds. The fourth-order valence-corrected chi connectivity index (χ4v) is 6.03. The van der Waals surface area contributed by atoms with E-state index in [1.165, 1.54) is 11.3 Å². The van der Waals surface area contributed by atoms with E-state index in [1.54, 1.807) is 22.6 Å². The summed E-state index contributed by atoms with van der Waals surface area (Å²) in [6.45, 7) is 1.06. The molecule has 1 aliphatic heterocycles. The first kappa shape index (κ1) is 14.2. The summed E-state index contributed by atoms with van der Waals surface area (Å²) in [6.07, 6.45) is 2.58. The van der Waals surface area contributed by atoms with Gasteiger partial charge in [-0.15, -0.1) is 11.3 Å². The number of hydrogen-bond donors (Lipinski definition) is 0. The SMILES string of the molecule is O=S(=O)(c1ccc(Br)s1)N1CC[C@H](c2ccccn2)C1. The molecule has 20 heavy (non-hydrogen) atoms. The van der Waals surface area contributed by atoms with Gasteiger partial charge in [-0.1, -0.05) is 6.07 Å². The van der Waals surface area contributed by atoms with Gasteiger partial charge >= 0.3 is 0 Å². The normalized spacial score (nSPS) is 20.4. The molecule has 0 bridgehead atoms. The average Bonchev–Trinajstić information content (AvgIpc) is 3.09. The summed E-state index contributed by atoms with van der Waals surface area (Å²) < 4.78 is 27.8. The lowest BCUT2D eigenvalue weighted by Gasteiger charge is -2.15. The van der Waals surface area contributed by atoms with E-state index in [9.17, 15) is 8.42 Å². The number of rotatable bonds is 3. The van der Waals surface area contributed by atoms with Crippen molar-refractivity contribution in [3.8, 4) is 0 Å². The largest absolute Gasteiger partial charge is 0.261 e. The summed E-state index contributed by atoms with van der Waals surface area (Å²) in [5, 5.41) is 0. The van der Waals surface area contributed by atoms with Gasteiger partial charge < -0.3 is 0 Å². The first-order valence-electron chi connectivity index (χ1n) is 6.24. The fraction of sp³-hybridized carbons (Fsp3) is 0.308. The van der Waals surface area contributed by atoms with Crippen LogP contribution in [-0.4, -0.2) is 30.8 Å². The van der Waals surface area contributed by atoms with Gasteiger partial charge in [-0.2, -0.15) is 4.31 Å². The zero-order valence-electron chi connectivity index (χ0n) is 10.6. The number of pyridine rings is 1. The third-order valence-electron chi connectivity index (χ3n) is 3.40. The van der Waals surface area contributed by atoms with Gasteiger partial charge in [0.2, 0.25) is 0 Å². The Labute approximate surface area is 130 Å². The lowest BCUT2D eigenvalue weighted by molar-refractivity contribution is 0.474. The third kappa shape index (κ3) is 2.67. The van der Waals surface area contributed by atoms with Gasteiger partial charge in [-0.25, -0.2) is 8.42 Å². The molecular formula is C13H13BrN2O2S2. The zero-order valence-corrected chi connectivity index (χ0v) is 13.8. The highest BCUT2D eigenvalue weighted by Gasteiger charge is 2.34. The van der Waals surface area contributed by atoms with E-state index in [1.807, 2.05) is 18.2 Å². The van der Waals surface area contributed by atoms with Crippen molar-refractivity contribution in [3.63, 3.8) is 0 Å². The minimum atomic E-state index is -3.36. The van der Waals surface area contributed by atoms with Crippen molar-refractivity contribution in [2.75, 3.05) is 13.1 Å². The van der Waals surface area contributed by atoms with E-state index in [4.69, 9.17) is 0 Å². The maximum atomic E-state index is 12.5. The Bertz CT molecular complexity index is 700. The smallest absolute Gasteiger partial charge is 0.252 e. The molecule has 0 spiro atoms. The van der Waals surface area contributed by atoms with Crippen LogP contribution < -0.4 is 0 Å². The molecule has 0 unspecified atom stereocenters. The number of halogens is 1. The molecule has 0 saturated carbocycles. The van der Waals surface area contributed by atoms with Crippen LogP contribution >= 0.6 is 27.3 Å². The number of aromatic nitrogens is 1. The summed E-state index contributed by atoms with van der Waals surface area (Å²) in [6, 6.07) is 9.19. The summed E-state index contributed by atoms with van der Waals surface area (Å²) in [4.78, 5) is 4.33. The molecule has 0 radical (unpaired) electrons. The highest BCUT2D eigenvalue weighted by atomic mass is 79.9. The van der Waals surface area contributed by atoms with Crippen molar-refractivity contribution in [1.82, 2.24) is 9.29 Å². The Hall–Kier alpha value is -0.760. The van der Waals surface area contributed by atoms with Gasteiger partial charge in [0.1, 0.15) is 4.21 Å². The van der Waals surface area contributed by atoms with E-state index in [2.05, 4.69) is 20.9 Å². The van der Waals surface area contributed by atoms with E-state index in [0.29, 0.717) is 17.3 Å². The highest BCUT2D eigenvalue weighted by molar-refractivity contribution is 9.11. The van der Waals surface area contributed by atoms with Gasteiger partial charge in [0.05, 0.1) is 3.79 Å². The summed E-state index contributed by atoms with van der Waals surface area (Å²) in [5.74, 6) is 0.189. The first-order valence-corrected chi connectivity index (χ1v) is 9.29. The molecular weight excluding hydrogens is 360 g/mol. The van der Waals surface area contributed by atoms with Gasteiger partial charge in [0.25, 0.3) is 10.0 Å². The van der Waals surface area contributed by atoms with Crippen LogP contribution in [0.5, 0.6) is 0 Å². The van der Waals surface area contributed by atoms with E-state index < -0.39 is 10.0 Å². The van der Waals surface area contributed by atoms with Crippen LogP contribution in [0.3, 0.4) is 0 Å². The van der Waals surface area contributed by atoms with Crippen LogP contribution in [0.4, 0.5) is 0 Å². The van der Waals surface area contributed by atoms with Crippen LogP contribution in [-0.2, 0) is 10.0 Å². The number of sulfonamides is 1. The number of hydrogen-bond acceptors (Lipinski definition) is 4. The van der Waals surface area contributed by atoms with Crippen molar-refractivity contribution < 1.29 is 8.42 Å². The van der Waals surface area contributed by atoms with Crippen molar-refractivity contribution in [2.24, 2.45) is 0 Å². The van der Waals surface area contributed by atoms with Crippen molar-refractivity contribution in [1.29, 1.82) is 0 Å². The van der Waals surface area contributed by atoms with Crippen LogP contribution in [0, 0.1) is 0 Å². The molecule has 0 N–H and O–H groups in total. The second-order valence-electron chi connectivity index (χ2n) is 4.66. The molecule has 2 aromatic rings. The molecule has 106 valence electrons. The minimum Gasteiger partial charge on any atom is -0.261 e. The quantitative estimate of drug-likeness (QED) is 0.831. The topological polar surface area (TPSA) is 50.3 Å². The fourth-order valence-electron chi connectivity index (χ4n) is 2.37. The Morgan fingerprint density at radius 1 is 1.30 bits per heavy atom. The van der Waals surface area contributed by atoms with Crippen molar-refractivity contribution in [2.45, 2.75) is 16.5 Å². The summed E-state index contributed by atoms with van der Waals surface area (Å²) in [5.41, 5.74) is 0.970. The van der Waals surface area contributed by atoms with E-state index in [-0.39, 0.29) is 5.92 Å². The maximum Gasteiger partial charge on any atom is 0.252 e. The lowest BCUT2D eigenvalue weighted by atomic mass is 10.0. The number of thiophene rings is 1. The Kier molecular flexibility index (Phi) is 3.94. The monoisotopic (exact) mass is 372 g/mol. The molecule has 3 rings (SSSR count). The average molecular weight is 373 g/mol. The summed E-state index contributed by atoms with van der Waals surface area (Å²) >= 11 is 4.56. The molecule has 3 heterocycles. The molecule has 1 saturated heterocycles. The zero-order chi connectivity index (χ0) is 14.2. The van der Waals surface area contributed by atoms with Gasteiger partial charge in [0.15, 0.2) is 0 Å². The molecule has 0 aliphatic carbocycles. The molecule has 1 atom stereocenters. The van der Waals surface area contributed by atoms with Crippen molar-refractivity contribution >= 4 is 37.3 Å². The van der Waals surface area contributed by atoms with Gasteiger partial charge in [0, 0.05) is 30.9 Å². The third-order valence-corrected chi connectivity index (χ3v) is 7.36. The Morgan fingerprint density at radius 3 is 2.80 bits per heavy atom. The standard InChI is InChI=1S/C13H13BrN2O2S2/c14-12-4-5-13(19-12)20(17,18)16-8-6-10(9-16)11-3-1-2-7-15-11/h1-5,7,10H,6,8-9H2/t10-/m0/s1. The second-order valence-corrected chi connectivity index (χ2v) is 9.29. The molecule has 2 aromatic heterocycles. The van der Waals surface area contributed by atoms with E-state index in [0.717, 1.165) is 15.9 Å². The Balaban J connectivity index is 1.80. The first-order chi connectivity index (χ1) is 9.57.